The van der Waals surface area contributed by atoms with Crippen LogP contribution >= 0.6 is 15.9 Å². The van der Waals surface area contributed by atoms with E-state index in [2.05, 4.69) is 38.5 Å². The van der Waals surface area contributed by atoms with Crippen LogP contribution in [0.15, 0.2) is 41.1 Å². The van der Waals surface area contributed by atoms with Gasteiger partial charge in [0.25, 0.3) is 5.91 Å². The van der Waals surface area contributed by atoms with Crippen LogP contribution in [-0.2, 0) is 0 Å². The van der Waals surface area contributed by atoms with Gasteiger partial charge in [-0.1, -0.05) is 35.3 Å². The van der Waals surface area contributed by atoms with E-state index >= 15 is 0 Å². The molecule has 0 spiro atoms. The lowest BCUT2D eigenvalue weighted by Gasteiger charge is -2.09. The highest BCUT2D eigenvalue weighted by atomic mass is 79.9. The van der Waals surface area contributed by atoms with Crippen LogP contribution in [0, 0.1) is 6.92 Å². The molecule has 0 saturated carbocycles. The number of aryl methyl sites for hydroxylation is 1. The average Bonchev–Trinajstić information content (AvgIpc) is 2.51. The summed E-state index contributed by atoms with van der Waals surface area (Å²) in [5.41, 5.74) is 3.29. The largest absolute Gasteiger partial charge is 0.384 e. The number of hydrogen-bond acceptors (Lipinski definition) is 3. The van der Waals surface area contributed by atoms with Gasteiger partial charge in [0.15, 0.2) is 0 Å². The molecule has 1 aromatic heterocycles. The van der Waals surface area contributed by atoms with Crippen molar-refractivity contribution < 1.29 is 4.79 Å². The number of pyridine rings is 1. The summed E-state index contributed by atoms with van der Waals surface area (Å²) in [6.45, 7) is 5.03. The monoisotopic (exact) mass is 361 g/mol. The SMILES string of the molecule is CCCCNc1cncc(C(=O)Nc2ccc(C)c(Br)c2)c1. The van der Waals surface area contributed by atoms with Gasteiger partial charge < -0.3 is 10.6 Å². The van der Waals surface area contributed by atoms with Gasteiger partial charge in [-0.25, -0.2) is 0 Å². The minimum absolute atomic E-state index is 0.164. The molecule has 0 bridgehead atoms. The molecule has 0 radical (unpaired) electrons. The third kappa shape index (κ3) is 4.56. The molecule has 0 atom stereocenters. The first-order chi connectivity index (χ1) is 10.6. The first-order valence-electron chi connectivity index (χ1n) is 7.36. The van der Waals surface area contributed by atoms with Crippen LogP contribution in [0.3, 0.4) is 0 Å². The maximum atomic E-state index is 12.3. The van der Waals surface area contributed by atoms with Crippen molar-refractivity contribution >= 4 is 33.2 Å². The number of halogens is 1. The molecule has 1 amide bonds. The molecular formula is C17H20BrN3O. The zero-order valence-corrected chi connectivity index (χ0v) is 14.4. The fraction of sp³-hybridized carbons (Fsp3) is 0.294. The lowest BCUT2D eigenvalue weighted by molar-refractivity contribution is 0.102. The van der Waals surface area contributed by atoms with Crippen LogP contribution in [0.1, 0.15) is 35.7 Å². The van der Waals surface area contributed by atoms with Gasteiger partial charge in [0.05, 0.1) is 11.3 Å². The molecule has 0 aliphatic heterocycles. The van der Waals surface area contributed by atoms with E-state index in [9.17, 15) is 4.79 Å². The molecule has 2 N–H and O–H groups in total. The topological polar surface area (TPSA) is 54.0 Å². The van der Waals surface area contributed by atoms with E-state index in [1.54, 1.807) is 12.4 Å². The van der Waals surface area contributed by atoms with Crippen molar-refractivity contribution in [1.82, 2.24) is 4.98 Å². The Bertz CT molecular complexity index is 658. The quantitative estimate of drug-likeness (QED) is 0.738. The molecule has 4 nitrogen and oxygen atoms in total. The van der Waals surface area contributed by atoms with Crippen LogP contribution in [-0.4, -0.2) is 17.4 Å². The number of nitrogens with one attached hydrogen (secondary N) is 2. The second-order valence-corrected chi connectivity index (χ2v) is 6.02. The normalized spacial score (nSPS) is 10.3. The van der Waals surface area contributed by atoms with Crippen molar-refractivity contribution in [3.63, 3.8) is 0 Å². The lowest BCUT2D eigenvalue weighted by atomic mass is 10.2. The van der Waals surface area contributed by atoms with Gasteiger partial charge in [0.1, 0.15) is 0 Å². The zero-order chi connectivity index (χ0) is 15.9. The van der Waals surface area contributed by atoms with Crippen molar-refractivity contribution in [1.29, 1.82) is 0 Å². The maximum Gasteiger partial charge on any atom is 0.257 e. The number of anilines is 2. The number of amides is 1. The van der Waals surface area contributed by atoms with Gasteiger partial charge in [-0.2, -0.15) is 0 Å². The van der Waals surface area contributed by atoms with Crippen LogP contribution in [0.4, 0.5) is 11.4 Å². The van der Waals surface area contributed by atoms with Crippen molar-refractivity contribution in [2.24, 2.45) is 0 Å². The number of hydrogen-bond donors (Lipinski definition) is 2. The summed E-state index contributed by atoms with van der Waals surface area (Å²) in [7, 11) is 0. The van der Waals surface area contributed by atoms with Crippen molar-refractivity contribution in [2.75, 3.05) is 17.2 Å². The molecular weight excluding hydrogens is 342 g/mol. The Kier molecular flexibility index (Phi) is 5.95. The maximum absolute atomic E-state index is 12.3. The van der Waals surface area contributed by atoms with Crippen LogP contribution in [0.2, 0.25) is 0 Å². The van der Waals surface area contributed by atoms with Crippen LogP contribution in [0.25, 0.3) is 0 Å². The molecule has 0 saturated heterocycles. The number of benzene rings is 1. The molecule has 1 heterocycles. The smallest absolute Gasteiger partial charge is 0.257 e. The average molecular weight is 362 g/mol. The third-order valence-electron chi connectivity index (χ3n) is 3.29. The summed E-state index contributed by atoms with van der Waals surface area (Å²) in [6, 6.07) is 7.56. The predicted molar refractivity (Wildman–Crippen MR) is 94.5 cm³/mol. The summed E-state index contributed by atoms with van der Waals surface area (Å²) in [6.07, 6.45) is 5.52. The molecule has 5 heteroatoms. The predicted octanol–water partition coefficient (Wildman–Crippen LogP) is 4.62. The fourth-order valence-corrected chi connectivity index (χ4v) is 2.32. The Morgan fingerprint density at radius 2 is 2.05 bits per heavy atom. The van der Waals surface area contributed by atoms with E-state index in [1.165, 1.54) is 0 Å². The number of rotatable bonds is 6. The zero-order valence-electron chi connectivity index (χ0n) is 12.8. The van der Waals surface area contributed by atoms with Crippen molar-refractivity contribution in [2.45, 2.75) is 26.7 Å². The van der Waals surface area contributed by atoms with E-state index in [4.69, 9.17) is 0 Å². The summed E-state index contributed by atoms with van der Waals surface area (Å²) in [5.74, 6) is -0.164. The Hall–Kier alpha value is -1.88. The first-order valence-corrected chi connectivity index (χ1v) is 8.16. The highest BCUT2D eigenvalue weighted by molar-refractivity contribution is 9.10. The molecule has 2 rings (SSSR count). The number of aromatic nitrogens is 1. The molecule has 0 aliphatic rings. The highest BCUT2D eigenvalue weighted by Crippen LogP contribution is 2.21. The van der Waals surface area contributed by atoms with E-state index in [0.717, 1.165) is 40.8 Å². The van der Waals surface area contributed by atoms with Crippen molar-refractivity contribution in [3.05, 3.63) is 52.3 Å². The summed E-state index contributed by atoms with van der Waals surface area (Å²) >= 11 is 3.47. The number of carbonyl (C=O) groups excluding carboxylic acids is 1. The van der Waals surface area contributed by atoms with Gasteiger partial charge >= 0.3 is 0 Å². The van der Waals surface area contributed by atoms with E-state index in [1.807, 2.05) is 31.2 Å². The molecule has 116 valence electrons. The number of carbonyl (C=O) groups is 1. The van der Waals surface area contributed by atoms with Gasteiger partial charge in [-0.3, -0.25) is 9.78 Å². The highest BCUT2D eigenvalue weighted by Gasteiger charge is 2.08. The van der Waals surface area contributed by atoms with E-state index < -0.39 is 0 Å². The van der Waals surface area contributed by atoms with E-state index in [0.29, 0.717) is 5.56 Å². The summed E-state index contributed by atoms with van der Waals surface area (Å²) < 4.78 is 0.971. The van der Waals surface area contributed by atoms with E-state index in [-0.39, 0.29) is 5.91 Å². The van der Waals surface area contributed by atoms with Gasteiger partial charge in [-0.05, 0) is 37.1 Å². The lowest BCUT2D eigenvalue weighted by Crippen LogP contribution is -2.13. The molecule has 0 aliphatic carbocycles. The van der Waals surface area contributed by atoms with Crippen LogP contribution in [0.5, 0.6) is 0 Å². The summed E-state index contributed by atoms with van der Waals surface area (Å²) in [5, 5.41) is 6.16. The Morgan fingerprint density at radius 1 is 1.23 bits per heavy atom. The second kappa shape index (κ2) is 7.94. The summed E-state index contributed by atoms with van der Waals surface area (Å²) in [4.78, 5) is 16.4. The molecule has 0 fully saturated rings. The molecule has 22 heavy (non-hydrogen) atoms. The Balaban J connectivity index is 2.05. The van der Waals surface area contributed by atoms with Gasteiger partial charge in [-0.15, -0.1) is 0 Å². The molecule has 1 aromatic carbocycles. The van der Waals surface area contributed by atoms with Crippen molar-refractivity contribution in [3.8, 4) is 0 Å². The van der Waals surface area contributed by atoms with Gasteiger partial charge in [0.2, 0.25) is 0 Å². The van der Waals surface area contributed by atoms with Gasteiger partial charge in [0, 0.05) is 29.1 Å². The third-order valence-corrected chi connectivity index (χ3v) is 4.14. The minimum Gasteiger partial charge on any atom is -0.384 e. The molecule has 2 aromatic rings. The Morgan fingerprint density at radius 3 is 2.77 bits per heavy atom. The Labute approximate surface area is 139 Å². The van der Waals surface area contributed by atoms with Crippen LogP contribution < -0.4 is 10.6 Å². The number of nitrogens with zero attached hydrogens (tertiary/aromatic N) is 1. The fourth-order valence-electron chi connectivity index (χ4n) is 1.94. The first kappa shape index (κ1) is 16.5. The second-order valence-electron chi connectivity index (χ2n) is 5.16. The number of unbranched alkanes of at least 4 members (excludes halogenated alkanes) is 1. The standard InChI is InChI=1S/C17H20BrN3O/c1-3-4-7-20-15-8-13(10-19-11-15)17(22)21-14-6-5-12(2)16(18)9-14/h5-6,8-11,20H,3-4,7H2,1-2H3,(H,21,22). The molecule has 0 unspecified atom stereocenters. The minimum atomic E-state index is -0.164.